The van der Waals surface area contributed by atoms with E-state index in [0.29, 0.717) is 28.6 Å². The molecule has 0 bridgehead atoms. The van der Waals surface area contributed by atoms with Crippen LogP contribution in [-0.4, -0.2) is 29.3 Å². The minimum atomic E-state index is -4.44. The number of rotatable bonds is 5. The Labute approximate surface area is 140 Å². The maximum Gasteiger partial charge on any atom is 0.297 e. The average Bonchev–Trinajstić information content (AvgIpc) is 2.92. The Balaban J connectivity index is 2.52. The summed E-state index contributed by atoms with van der Waals surface area (Å²) in [4.78, 5) is -0.115. The molecule has 2 aromatic carbocycles. The van der Waals surface area contributed by atoms with E-state index in [9.17, 15) is 18.1 Å². The lowest BCUT2D eigenvalue weighted by molar-refractivity contribution is 0.228. The molecule has 0 radical (unpaired) electrons. The molecule has 0 aliphatic carbocycles. The van der Waals surface area contributed by atoms with Crippen LogP contribution < -0.4 is 0 Å². The van der Waals surface area contributed by atoms with Gasteiger partial charge in [0.2, 0.25) is 0 Å². The van der Waals surface area contributed by atoms with Gasteiger partial charge in [-0.25, -0.2) is 0 Å². The van der Waals surface area contributed by atoms with Crippen molar-refractivity contribution in [3.8, 4) is 11.3 Å². The number of nitrogens with zero attached hydrogens (tertiary/aromatic N) is 1. The van der Waals surface area contributed by atoms with Gasteiger partial charge in [-0.3, -0.25) is 4.55 Å². The van der Waals surface area contributed by atoms with Gasteiger partial charge in [-0.2, -0.15) is 8.42 Å². The van der Waals surface area contributed by atoms with E-state index >= 15 is 0 Å². The summed E-state index contributed by atoms with van der Waals surface area (Å²) in [5, 5.41) is 10.2. The Morgan fingerprint density at radius 3 is 2.25 bits per heavy atom. The van der Waals surface area contributed by atoms with Crippen LogP contribution in [-0.2, 0) is 10.1 Å². The van der Waals surface area contributed by atoms with Gasteiger partial charge in [0.1, 0.15) is 4.90 Å². The second-order valence-corrected chi connectivity index (χ2v) is 7.01. The van der Waals surface area contributed by atoms with Crippen LogP contribution >= 0.6 is 0 Å². The minimum absolute atomic E-state index is 0.115. The fourth-order valence-electron chi connectivity index (χ4n) is 3.13. The van der Waals surface area contributed by atoms with Crippen molar-refractivity contribution in [2.24, 2.45) is 0 Å². The Hall–Kier alpha value is -2.15. The second kappa shape index (κ2) is 6.39. The van der Waals surface area contributed by atoms with Gasteiger partial charge < -0.3 is 9.67 Å². The van der Waals surface area contributed by atoms with E-state index in [0.717, 1.165) is 0 Å². The lowest BCUT2D eigenvalue weighted by Gasteiger charge is -2.20. The number of aromatic nitrogens is 1. The lowest BCUT2D eigenvalue weighted by Crippen LogP contribution is -2.14. The van der Waals surface area contributed by atoms with Crippen molar-refractivity contribution in [1.82, 2.24) is 4.57 Å². The highest BCUT2D eigenvalue weighted by atomic mass is 32.2. The second-order valence-electron chi connectivity index (χ2n) is 5.65. The van der Waals surface area contributed by atoms with Crippen molar-refractivity contribution in [2.45, 2.75) is 24.3 Å². The third kappa shape index (κ3) is 2.73. The molecule has 0 saturated heterocycles. The van der Waals surface area contributed by atoms with Crippen molar-refractivity contribution in [1.29, 1.82) is 0 Å². The first-order valence-electron chi connectivity index (χ1n) is 7.75. The number of fused-ring (bicyclic) bond motifs is 1. The van der Waals surface area contributed by atoms with Gasteiger partial charge in [0.25, 0.3) is 10.1 Å². The zero-order chi connectivity index (χ0) is 17.3. The number of hydrogen-bond acceptors (Lipinski definition) is 3. The molecule has 0 saturated carbocycles. The van der Waals surface area contributed by atoms with Crippen LogP contribution in [0.4, 0.5) is 0 Å². The largest absolute Gasteiger partial charge is 0.394 e. The first kappa shape index (κ1) is 16.7. The molecule has 2 N–H and O–H groups in total. The van der Waals surface area contributed by atoms with E-state index in [1.165, 1.54) is 0 Å². The molecule has 3 rings (SSSR count). The number of benzene rings is 2. The predicted molar refractivity (Wildman–Crippen MR) is 93.6 cm³/mol. The third-order valence-electron chi connectivity index (χ3n) is 4.22. The number of hydrogen-bond donors (Lipinski definition) is 2. The van der Waals surface area contributed by atoms with Crippen molar-refractivity contribution < 1.29 is 18.1 Å². The Morgan fingerprint density at radius 1 is 1.04 bits per heavy atom. The van der Waals surface area contributed by atoms with Gasteiger partial charge in [-0.1, -0.05) is 55.5 Å². The molecular weight excluding hydrogens is 326 g/mol. The molecule has 3 aromatic rings. The summed E-state index contributed by atoms with van der Waals surface area (Å²) in [7, 11) is -4.44. The maximum absolute atomic E-state index is 12.1. The molecule has 24 heavy (non-hydrogen) atoms. The number of aliphatic hydroxyl groups is 1. The fraction of sp³-hybridized carbons (Fsp3) is 0.222. The van der Waals surface area contributed by atoms with Crippen LogP contribution in [0.3, 0.4) is 0 Å². The summed E-state index contributed by atoms with van der Waals surface area (Å²) in [6.07, 6.45) is 0.625. The van der Waals surface area contributed by atoms with E-state index in [1.54, 1.807) is 30.3 Å². The fourth-order valence-corrected chi connectivity index (χ4v) is 4.04. The molecule has 1 aromatic heterocycles. The SMILES string of the molecule is CCC(CO)n1c(-c2ccccc2)c(S(=O)(=O)O)c2ccccc21. The highest BCUT2D eigenvalue weighted by molar-refractivity contribution is 7.86. The summed E-state index contributed by atoms with van der Waals surface area (Å²) >= 11 is 0. The molecule has 6 heteroatoms. The van der Waals surface area contributed by atoms with E-state index < -0.39 is 10.1 Å². The summed E-state index contributed by atoms with van der Waals surface area (Å²) in [6, 6.07) is 15.8. The van der Waals surface area contributed by atoms with E-state index in [2.05, 4.69) is 0 Å². The summed E-state index contributed by atoms with van der Waals surface area (Å²) < 4.78 is 35.9. The first-order valence-corrected chi connectivity index (χ1v) is 9.19. The van der Waals surface area contributed by atoms with E-state index in [-0.39, 0.29) is 17.5 Å². The van der Waals surface area contributed by atoms with Crippen LogP contribution in [0.15, 0.2) is 59.5 Å². The Kier molecular flexibility index (Phi) is 4.45. The molecule has 5 nitrogen and oxygen atoms in total. The lowest BCUT2D eigenvalue weighted by atomic mass is 10.1. The number of para-hydroxylation sites is 1. The van der Waals surface area contributed by atoms with Crippen LogP contribution in [0.2, 0.25) is 0 Å². The van der Waals surface area contributed by atoms with Crippen molar-refractivity contribution in [3.05, 3.63) is 54.6 Å². The van der Waals surface area contributed by atoms with Crippen molar-refractivity contribution >= 4 is 21.0 Å². The smallest absolute Gasteiger partial charge is 0.297 e. The maximum atomic E-state index is 12.1. The van der Waals surface area contributed by atoms with Crippen molar-refractivity contribution in [2.75, 3.05) is 6.61 Å². The summed E-state index contributed by atoms with van der Waals surface area (Å²) in [5.74, 6) is 0. The van der Waals surface area contributed by atoms with Crippen LogP contribution in [0.25, 0.3) is 22.2 Å². The van der Waals surface area contributed by atoms with Gasteiger partial charge in [-0.05, 0) is 18.1 Å². The molecule has 0 aliphatic heterocycles. The molecule has 1 heterocycles. The minimum Gasteiger partial charge on any atom is -0.394 e. The molecule has 0 fully saturated rings. The standard InChI is InChI=1S/C18H19NO4S/c1-2-14(12-20)19-16-11-7-6-10-15(16)18(24(21,22)23)17(19)13-8-4-3-5-9-13/h3-11,14,20H,2,12H2,1H3,(H,21,22,23). The molecular formula is C18H19NO4S. The average molecular weight is 345 g/mol. The topological polar surface area (TPSA) is 79.5 Å². The van der Waals surface area contributed by atoms with Gasteiger partial charge in [0.05, 0.1) is 23.9 Å². The predicted octanol–water partition coefficient (Wildman–Crippen LogP) is 3.50. The Bertz CT molecular complexity index is 957. The van der Waals surface area contributed by atoms with Crippen LogP contribution in [0, 0.1) is 0 Å². The highest BCUT2D eigenvalue weighted by Gasteiger charge is 2.28. The molecule has 0 spiro atoms. The first-order chi connectivity index (χ1) is 11.5. The van der Waals surface area contributed by atoms with Gasteiger partial charge >= 0.3 is 0 Å². The van der Waals surface area contributed by atoms with Crippen molar-refractivity contribution in [3.63, 3.8) is 0 Å². The summed E-state index contributed by atoms with van der Waals surface area (Å²) in [5.41, 5.74) is 1.75. The van der Waals surface area contributed by atoms with Gasteiger partial charge in [-0.15, -0.1) is 0 Å². The molecule has 126 valence electrons. The number of aliphatic hydroxyl groups excluding tert-OH is 1. The van der Waals surface area contributed by atoms with Gasteiger partial charge in [0, 0.05) is 5.39 Å². The quantitative estimate of drug-likeness (QED) is 0.694. The normalized spacial score (nSPS) is 13.3. The Morgan fingerprint density at radius 2 is 1.67 bits per heavy atom. The van der Waals surface area contributed by atoms with E-state index in [1.807, 2.05) is 35.8 Å². The third-order valence-corrected chi connectivity index (χ3v) is 5.15. The van der Waals surface area contributed by atoms with Crippen LogP contribution in [0.1, 0.15) is 19.4 Å². The summed E-state index contributed by atoms with van der Waals surface area (Å²) in [6.45, 7) is 1.80. The zero-order valence-corrected chi connectivity index (χ0v) is 14.1. The molecule has 1 atom stereocenters. The molecule has 0 amide bonds. The molecule has 1 unspecified atom stereocenters. The zero-order valence-electron chi connectivity index (χ0n) is 13.3. The monoisotopic (exact) mass is 345 g/mol. The molecule has 0 aliphatic rings. The van der Waals surface area contributed by atoms with E-state index in [4.69, 9.17) is 0 Å². The highest BCUT2D eigenvalue weighted by Crippen LogP contribution is 2.39. The van der Waals surface area contributed by atoms with Gasteiger partial charge in [0.15, 0.2) is 0 Å². The van der Waals surface area contributed by atoms with Crippen LogP contribution in [0.5, 0.6) is 0 Å².